The summed E-state index contributed by atoms with van der Waals surface area (Å²) in [5.41, 5.74) is -2.11. The van der Waals surface area contributed by atoms with Crippen molar-refractivity contribution in [2.45, 2.75) is 23.2 Å². The monoisotopic (exact) mass is 386 g/mol. The lowest BCUT2D eigenvalue weighted by Crippen LogP contribution is -2.12. The second-order valence-electron chi connectivity index (χ2n) is 5.77. The maximum atomic E-state index is 12.6. The van der Waals surface area contributed by atoms with E-state index in [4.69, 9.17) is 16.3 Å². The highest BCUT2D eigenvalue weighted by atomic mass is 35.5. The quantitative estimate of drug-likeness (QED) is 0.643. The number of fused-ring (bicyclic) bond motifs is 1. The van der Waals surface area contributed by atoms with Crippen LogP contribution in [0.2, 0.25) is 5.02 Å². The van der Waals surface area contributed by atoms with Gasteiger partial charge in [0.1, 0.15) is 5.75 Å². The van der Waals surface area contributed by atoms with Crippen molar-refractivity contribution in [3.8, 4) is 5.75 Å². The lowest BCUT2D eigenvalue weighted by Gasteiger charge is -2.10. The van der Waals surface area contributed by atoms with Crippen molar-refractivity contribution in [1.82, 2.24) is 0 Å². The second-order valence-corrected chi connectivity index (χ2v) is 7.29. The van der Waals surface area contributed by atoms with E-state index in [1.54, 1.807) is 24.3 Å². The Hall–Kier alpha value is -1.66. The van der Waals surface area contributed by atoms with E-state index in [0.717, 1.165) is 11.1 Å². The normalized spacial score (nSPS) is 16.8. The van der Waals surface area contributed by atoms with Crippen LogP contribution in [0, 0.1) is 5.92 Å². The van der Waals surface area contributed by atoms with Crippen LogP contribution in [0.5, 0.6) is 5.75 Å². The van der Waals surface area contributed by atoms with Gasteiger partial charge in [-0.1, -0.05) is 23.7 Å². The Balaban J connectivity index is 1.74. The molecule has 2 nitrogen and oxygen atoms in total. The Labute approximate surface area is 152 Å². The molecule has 7 heteroatoms. The van der Waals surface area contributed by atoms with Crippen LogP contribution in [0.15, 0.2) is 41.3 Å². The fourth-order valence-electron chi connectivity index (χ4n) is 3.02. The molecule has 1 atom stereocenters. The van der Waals surface area contributed by atoms with E-state index in [0.29, 0.717) is 29.2 Å². The number of alkyl halides is 3. The van der Waals surface area contributed by atoms with Crippen molar-refractivity contribution in [2.24, 2.45) is 5.92 Å². The largest absolute Gasteiger partial charge is 0.495 e. The van der Waals surface area contributed by atoms with Gasteiger partial charge in [-0.25, -0.2) is 0 Å². The number of hydrogen-bond acceptors (Lipinski definition) is 3. The van der Waals surface area contributed by atoms with Crippen molar-refractivity contribution in [1.29, 1.82) is 0 Å². The third kappa shape index (κ3) is 3.96. The molecule has 0 N–H and O–H groups in total. The van der Waals surface area contributed by atoms with Gasteiger partial charge in [0.25, 0.3) is 0 Å². The first kappa shape index (κ1) is 18.1. The van der Waals surface area contributed by atoms with Crippen molar-refractivity contribution in [2.75, 3.05) is 7.11 Å². The Morgan fingerprint density at radius 1 is 1.20 bits per heavy atom. The molecular formula is C18H14ClF3O2S. The molecule has 0 saturated carbocycles. The SMILES string of the molecule is COc1ccc2c(c1Cl)CC(Cc1ccc(SC(F)(F)F)cc1)C2=O. The smallest absolute Gasteiger partial charge is 0.446 e. The zero-order valence-electron chi connectivity index (χ0n) is 13.2. The number of methoxy groups -OCH3 is 1. The molecule has 2 aromatic carbocycles. The average Bonchev–Trinajstić information content (AvgIpc) is 2.86. The number of Topliss-reactive ketones (excluding diaryl/α,β-unsaturated/α-hetero) is 1. The molecule has 2 aromatic rings. The van der Waals surface area contributed by atoms with E-state index in [-0.39, 0.29) is 28.4 Å². The van der Waals surface area contributed by atoms with Gasteiger partial charge in [-0.05, 0) is 60.0 Å². The van der Waals surface area contributed by atoms with Crippen LogP contribution in [-0.2, 0) is 12.8 Å². The summed E-state index contributed by atoms with van der Waals surface area (Å²) in [6.07, 6.45) is 0.965. The summed E-state index contributed by atoms with van der Waals surface area (Å²) < 4.78 is 42.3. The molecule has 3 rings (SSSR count). The standard InChI is InChI=1S/C18H14ClF3O2S/c1-24-15-7-6-13-14(16(15)19)9-11(17(13)23)8-10-2-4-12(5-3-10)25-18(20,21)22/h2-7,11H,8-9H2,1H3. The predicted octanol–water partition coefficient (Wildman–Crippen LogP) is 5.56. The van der Waals surface area contributed by atoms with E-state index >= 15 is 0 Å². The van der Waals surface area contributed by atoms with Gasteiger partial charge in [0, 0.05) is 16.4 Å². The highest BCUT2D eigenvalue weighted by molar-refractivity contribution is 8.00. The molecule has 1 aliphatic carbocycles. The highest BCUT2D eigenvalue weighted by Crippen LogP contribution is 2.39. The Morgan fingerprint density at radius 2 is 1.88 bits per heavy atom. The number of carbonyl (C=O) groups excluding carboxylic acids is 1. The third-order valence-electron chi connectivity index (χ3n) is 4.15. The van der Waals surface area contributed by atoms with Crippen LogP contribution in [0.1, 0.15) is 21.5 Å². The van der Waals surface area contributed by atoms with Crippen molar-refractivity contribution in [3.63, 3.8) is 0 Å². The summed E-state index contributed by atoms with van der Waals surface area (Å²) in [5.74, 6) is 0.274. The molecule has 0 bridgehead atoms. The Kier molecular flexibility index (Phi) is 5.02. The topological polar surface area (TPSA) is 26.3 Å². The minimum absolute atomic E-state index is 0.00768. The zero-order chi connectivity index (χ0) is 18.2. The van der Waals surface area contributed by atoms with Gasteiger partial charge in [-0.3, -0.25) is 4.79 Å². The Bertz CT molecular complexity index is 803. The van der Waals surface area contributed by atoms with Gasteiger partial charge < -0.3 is 4.74 Å². The summed E-state index contributed by atoms with van der Waals surface area (Å²) >= 11 is 6.13. The number of thioether (sulfide) groups is 1. The van der Waals surface area contributed by atoms with Crippen LogP contribution < -0.4 is 4.74 Å². The number of carbonyl (C=O) groups is 1. The fraction of sp³-hybridized carbons (Fsp3) is 0.278. The summed E-state index contributed by atoms with van der Waals surface area (Å²) in [5, 5.41) is 0.452. The van der Waals surface area contributed by atoms with Gasteiger partial charge >= 0.3 is 5.51 Å². The van der Waals surface area contributed by atoms with E-state index in [1.807, 2.05) is 0 Å². The van der Waals surface area contributed by atoms with Crippen molar-refractivity contribution < 1.29 is 22.7 Å². The second kappa shape index (κ2) is 6.92. The molecule has 0 saturated heterocycles. The first-order chi connectivity index (χ1) is 11.8. The zero-order valence-corrected chi connectivity index (χ0v) is 14.8. The van der Waals surface area contributed by atoms with Gasteiger partial charge in [-0.15, -0.1) is 0 Å². The summed E-state index contributed by atoms with van der Waals surface area (Å²) in [4.78, 5) is 12.7. The molecule has 0 amide bonds. The molecule has 25 heavy (non-hydrogen) atoms. The van der Waals surface area contributed by atoms with Crippen LogP contribution >= 0.6 is 23.4 Å². The van der Waals surface area contributed by atoms with Gasteiger partial charge in [0.05, 0.1) is 12.1 Å². The van der Waals surface area contributed by atoms with Gasteiger partial charge in [-0.2, -0.15) is 13.2 Å². The minimum atomic E-state index is -4.31. The Morgan fingerprint density at radius 3 is 2.48 bits per heavy atom. The number of rotatable bonds is 4. The molecule has 0 fully saturated rings. The average molecular weight is 387 g/mol. The lowest BCUT2D eigenvalue weighted by atomic mass is 9.96. The molecule has 1 aliphatic rings. The fourth-order valence-corrected chi connectivity index (χ4v) is 3.88. The predicted molar refractivity (Wildman–Crippen MR) is 91.6 cm³/mol. The van der Waals surface area contributed by atoms with Crippen LogP contribution in [0.4, 0.5) is 13.2 Å². The number of halogens is 4. The molecule has 0 aromatic heterocycles. The molecule has 0 aliphatic heterocycles. The molecule has 0 heterocycles. The number of hydrogen-bond donors (Lipinski definition) is 0. The summed E-state index contributed by atoms with van der Waals surface area (Å²) in [6.45, 7) is 0. The third-order valence-corrected chi connectivity index (χ3v) is 5.31. The molecular weight excluding hydrogens is 373 g/mol. The number of ether oxygens (including phenoxy) is 1. The van der Waals surface area contributed by atoms with E-state index < -0.39 is 5.51 Å². The first-order valence-electron chi connectivity index (χ1n) is 7.53. The molecule has 0 spiro atoms. The van der Waals surface area contributed by atoms with E-state index in [9.17, 15) is 18.0 Å². The van der Waals surface area contributed by atoms with Crippen molar-refractivity contribution >= 4 is 29.1 Å². The van der Waals surface area contributed by atoms with Crippen LogP contribution in [0.25, 0.3) is 0 Å². The number of ketones is 1. The maximum Gasteiger partial charge on any atom is 0.446 e. The molecule has 1 unspecified atom stereocenters. The molecule has 0 radical (unpaired) electrons. The van der Waals surface area contributed by atoms with Gasteiger partial charge in [0.15, 0.2) is 5.78 Å². The lowest BCUT2D eigenvalue weighted by molar-refractivity contribution is -0.0328. The first-order valence-corrected chi connectivity index (χ1v) is 8.72. The summed E-state index contributed by atoms with van der Waals surface area (Å²) in [7, 11) is 1.52. The molecule has 132 valence electrons. The van der Waals surface area contributed by atoms with Crippen molar-refractivity contribution in [3.05, 3.63) is 58.1 Å². The van der Waals surface area contributed by atoms with E-state index in [1.165, 1.54) is 19.2 Å². The summed E-state index contributed by atoms with van der Waals surface area (Å²) in [6, 6.07) is 9.50. The number of benzene rings is 2. The minimum Gasteiger partial charge on any atom is -0.495 e. The van der Waals surface area contributed by atoms with Crippen LogP contribution in [0.3, 0.4) is 0 Å². The van der Waals surface area contributed by atoms with Gasteiger partial charge in [0.2, 0.25) is 0 Å². The maximum absolute atomic E-state index is 12.6. The van der Waals surface area contributed by atoms with E-state index in [2.05, 4.69) is 0 Å². The van der Waals surface area contributed by atoms with Crippen LogP contribution in [-0.4, -0.2) is 18.4 Å². The highest BCUT2D eigenvalue weighted by Gasteiger charge is 2.33.